The normalized spacial score (nSPS) is 25.3. The Hall–Kier alpha value is -2.54. The molecule has 2 heterocycles. The van der Waals surface area contributed by atoms with Crippen LogP contribution in [0.5, 0.6) is 5.75 Å². The maximum atomic E-state index is 14.9. The van der Waals surface area contributed by atoms with Gasteiger partial charge in [0, 0.05) is 31.1 Å². The van der Waals surface area contributed by atoms with Crippen LogP contribution in [0.25, 0.3) is 0 Å². The van der Waals surface area contributed by atoms with Crippen LogP contribution in [0.15, 0.2) is 48.5 Å². The first-order chi connectivity index (χ1) is 14.4. The lowest BCUT2D eigenvalue weighted by Crippen LogP contribution is -2.49. The fraction of sp³-hybridized carbons (Fsp3) is 0.435. The smallest absolute Gasteiger partial charge is 0.263 e. The molecule has 3 atom stereocenters. The number of likely N-dealkylation sites (tertiary alicyclic amines) is 2. The number of nitrogens with zero attached hydrogens (tertiary/aromatic N) is 2. The van der Waals surface area contributed by atoms with Gasteiger partial charge in [-0.05, 0) is 42.6 Å². The molecular formula is C23H25F3N2O2. The average molecular weight is 418 g/mol. The molecule has 2 aliphatic rings. The molecule has 4 rings (SSSR count). The zero-order valence-corrected chi connectivity index (χ0v) is 16.6. The predicted octanol–water partition coefficient (Wildman–Crippen LogP) is 4.26. The van der Waals surface area contributed by atoms with Gasteiger partial charge in [0.25, 0.3) is 6.43 Å². The zero-order valence-electron chi connectivity index (χ0n) is 16.6. The van der Waals surface area contributed by atoms with Gasteiger partial charge in [0.1, 0.15) is 11.9 Å². The van der Waals surface area contributed by atoms with E-state index in [1.807, 2.05) is 4.90 Å². The summed E-state index contributed by atoms with van der Waals surface area (Å²) in [6.45, 7) is 1.80. The van der Waals surface area contributed by atoms with Crippen molar-refractivity contribution in [1.82, 2.24) is 9.80 Å². The molecule has 160 valence electrons. The maximum absolute atomic E-state index is 14.9. The molecule has 0 radical (unpaired) electrons. The Kier molecular flexibility index (Phi) is 5.99. The Morgan fingerprint density at radius 2 is 1.70 bits per heavy atom. The molecule has 0 unspecified atom stereocenters. The topological polar surface area (TPSA) is 43.8 Å². The van der Waals surface area contributed by atoms with E-state index in [0.717, 1.165) is 11.1 Å². The molecule has 2 fully saturated rings. The first kappa shape index (κ1) is 20.7. The predicted molar refractivity (Wildman–Crippen MR) is 107 cm³/mol. The Morgan fingerprint density at radius 3 is 2.33 bits per heavy atom. The summed E-state index contributed by atoms with van der Waals surface area (Å²) in [5.74, 6) is -0.0990. The van der Waals surface area contributed by atoms with E-state index in [4.69, 9.17) is 0 Å². The van der Waals surface area contributed by atoms with Crippen LogP contribution in [-0.2, 0) is 11.3 Å². The highest BCUT2D eigenvalue weighted by Crippen LogP contribution is 2.33. The van der Waals surface area contributed by atoms with Crippen molar-refractivity contribution in [3.8, 4) is 5.75 Å². The van der Waals surface area contributed by atoms with Crippen molar-refractivity contribution >= 4 is 5.91 Å². The van der Waals surface area contributed by atoms with Gasteiger partial charge in [-0.3, -0.25) is 9.69 Å². The maximum Gasteiger partial charge on any atom is 0.263 e. The molecule has 4 nitrogen and oxygen atoms in total. The fourth-order valence-electron chi connectivity index (χ4n) is 4.52. The largest absolute Gasteiger partial charge is 0.508 e. The van der Waals surface area contributed by atoms with Crippen molar-refractivity contribution < 1.29 is 23.1 Å². The standard InChI is InChI=1S/C23H25F3N2O2/c24-20-14-27(11-9-19(20)16-5-7-18(29)8-6-16)21-10-12-28(23(21)30)13-15-1-3-17(4-2-15)22(25)26/h1-8,19-22,29H,9-14H2/t19-,20-,21-/m1/s1. The number of phenolic OH excluding ortho intramolecular Hbond substituents is 1. The van der Waals surface area contributed by atoms with Crippen molar-refractivity contribution in [2.75, 3.05) is 19.6 Å². The number of alkyl halides is 3. The molecule has 2 saturated heterocycles. The number of rotatable bonds is 5. The molecule has 0 aromatic heterocycles. The monoisotopic (exact) mass is 418 g/mol. The Morgan fingerprint density at radius 1 is 1.00 bits per heavy atom. The van der Waals surface area contributed by atoms with Crippen LogP contribution in [0, 0.1) is 0 Å². The molecule has 7 heteroatoms. The third kappa shape index (κ3) is 4.31. The SMILES string of the molecule is O=C1[C@H](N2CC[C@H](c3ccc(O)cc3)[C@H](F)C2)CCN1Cc1ccc(C(F)F)cc1. The molecule has 2 aromatic rings. The van der Waals surface area contributed by atoms with Gasteiger partial charge in [-0.1, -0.05) is 36.4 Å². The lowest BCUT2D eigenvalue weighted by Gasteiger charge is -2.37. The van der Waals surface area contributed by atoms with E-state index in [-0.39, 0.29) is 35.7 Å². The second-order valence-corrected chi connectivity index (χ2v) is 8.10. The number of amides is 1. The van der Waals surface area contributed by atoms with E-state index in [0.29, 0.717) is 32.5 Å². The molecule has 0 bridgehead atoms. The highest BCUT2D eigenvalue weighted by molar-refractivity contribution is 5.84. The molecule has 0 aliphatic carbocycles. The zero-order chi connectivity index (χ0) is 21.3. The number of carbonyl (C=O) groups is 1. The second-order valence-electron chi connectivity index (χ2n) is 8.10. The van der Waals surface area contributed by atoms with Crippen molar-refractivity contribution in [2.45, 2.75) is 43.9 Å². The van der Waals surface area contributed by atoms with Crippen LogP contribution < -0.4 is 0 Å². The number of aromatic hydroxyl groups is 1. The summed E-state index contributed by atoms with van der Waals surface area (Å²) in [5, 5.41) is 9.43. The lowest BCUT2D eigenvalue weighted by molar-refractivity contribution is -0.133. The van der Waals surface area contributed by atoms with Gasteiger partial charge >= 0.3 is 0 Å². The van der Waals surface area contributed by atoms with Crippen LogP contribution in [0.2, 0.25) is 0 Å². The van der Waals surface area contributed by atoms with Gasteiger partial charge < -0.3 is 10.0 Å². The Labute approximate surface area is 173 Å². The minimum absolute atomic E-state index is 0.0248. The summed E-state index contributed by atoms with van der Waals surface area (Å²) in [6, 6.07) is 12.4. The van der Waals surface area contributed by atoms with Crippen LogP contribution in [-0.4, -0.2) is 52.7 Å². The summed E-state index contributed by atoms with van der Waals surface area (Å²) in [4.78, 5) is 16.6. The van der Waals surface area contributed by atoms with E-state index in [2.05, 4.69) is 0 Å². The van der Waals surface area contributed by atoms with Gasteiger partial charge in [0.05, 0.1) is 6.04 Å². The molecule has 0 saturated carbocycles. The van der Waals surface area contributed by atoms with E-state index < -0.39 is 12.6 Å². The van der Waals surface area contributed by atoms with E-state index in [1.54, 1.807) is 41.3 Å². The molecule has 2 aromatic carbocycles. The summed E-state index contributed by atoms with van der Waals surface area (Å²) in [7, 11) is 0. The third-order valence-corrected chi connectivity index (χ3v) is 6.21. The Balaban J connectivity index is 1.35. The molecule has 0 spiro atoms. The number of hydrogen-bond acceptors (Lipinski definition) is 3. The summed E-state index contributed by atoms with van der Waals surface area (Å²) >= 11 is 0. The van der Waals surface area contributed by atoms with Crippen LogP contribution >= 0.6 is 0 Å². The summed E-state index contributed by atoms with van der Waals surface area (Å²) in [5.41, 5.74) is 1.64. The van der Waals surface area contributed by atoms with Crippen LogP contribution in [0.3, 0.4) is 0 Å². The number of phenols is 1. The fourth-order valence-corrected chi connectivity index (χ4v) is 4.52. The van der Waals surface area contributed by atoms with Crippen molar-refractivity contribution in [2.24, 2.45) is 0 Å². The number of hydrogen-bond donors (Lipinski definition) is 1. The van der Waals surface area contributed by atoms with Gasteiger partial charge in [-0.15, -0.1) is 0 Å². The highest BCUT2D eigenvalue weighted by atomic mass is 19.3. The minimum atomic E-state index is -2.50. The van der Waals surface area contributed by atoms with E-state index >= 15 is 0 Å². The van der Waals surface area contributed by atoms with E-state index in [1.165, 1.54) is 12.1 Å². The lowest BCUT2D eigenvalue weighted by atomic mass is 9.87. The number of carbonyl (C=O) groups excluding carboxylic acids is 1. The summed E-state index contributed by atoms with van der Waals surface area (Å²) < 4.78 is 40.3. The van der Waals surface area contributed by atoms with Gasteiger partial charge in [-0.2, -0.15) is 0 Å². The molecule has 30 heavy (non-hydrogen) atoms. The second kappa shape index (κ2) is 8.68. The molecule has 2 aliphatic heterocycles. The average Bonchev–Trinajstić information content (AvgIpc) is 3.09. The van der Waals surface area contributed by atoms with Gasteiger partial charge in [0.15, 0.2) is 0 Å². The van der Waals surface area contributed by atoms with Crippen molar-refractivity contribution in [3.05, 3.63) is 65.2 Å². The highest BCUT2D eigenvalue weighted by Gasteiger charge is 2.40. The third-order valence-electron chi connectivity index (χ3n) is 6.21. The quantitative estimate of drug-likeness (QED) is 0.789. The first-order valence-corrected chi connectivity index (χ1v) is 10.2. The number of piperidine rings is 1. The van der Waals surface area contributed by atoms with Gasteiger partial charge in [0.2, 0.25) is 5.91 Å². The first-order valence-electron chi connectivity index (χ1n) is 10.2. The van der Waals surface area contributed by atoms with Gasteiger partial charge in [-0.25, -0.2) is 13.2 Å². The number of benzene rings is 2. The van der Waals surface area contributed by atoms with Crippen molar-refractivity contribution in [3.63, 3.8) is 0 Å². The summed E-state index contributed by atoms with van der Waals surface area (Å²) in [6.07, 6.45) is -2.32. The van der Waals surface area contributed by atoms with Crippen LogP contribution in [0.1, 0.15) is 41.9 Å². The molecule has 1 amide bonds. The van der Waals surface area contributed by atoms with Crippen LogP contribution in [0.4, 0.5) is 13.2 Å². The number of halogens is 3. The minimum Gasteiger partial charge on any atom is -0.508 e. The van der Waals surface area contributed by atoms with Crippen molar-refractivity contribution in [1.29, 1.82) is 0 Å². The Bertz CT molecular complexity index is 873. The van der Waals surface area contributed by atoms with E-state index in [9.17, 15) is 23.1 Å². The molecular weight excluding hydrogens is 393 g/mol. The molecule has 1 N–H and O–H groups in total.